The molecule has 128 valence electrons. The van der Waals surface area contributed by atoms with Crippen molar-refractivity contribution in [2.75, 3.05) is 13.1 Å². The van der Waals surface area contributed by atoms with E-state index >= 15 is 0 Å². The normalized spacial score (nSPS) is 22.1. The van der Waals surface area contributed by atoms with E-state index in [2.05, 4.69) is 32.3 Å². The van der Waals surface area contributed by atoms with Gasteiger partial charge in [0, 0.05) is 35.8 Å². The molecule has 1 saturated heterocycles. The SMILES string of the molecule is O=C(Cn1c([C@@H]2CCCNC2)cc2cccnc21)NC1CCCC1. The molecular weight excluding hydrogens is 300 g/mol. The van der Waals surface area contributed by atoms with Crippen molar-refractivity contribution >= 4 is 16.9 Å². The van der Waals surface area contributed by atoms with Crippen molar-refractivity contribution in [3.63, 3.8) is 0 Å². The van der Waals surface area contributed by atoms with Gasteiger partial charge in [0.25, 0.3) is 0 Å². The van der Waals surface area contributed by atoms with Crippen molar-refractivity contribution in [2.24, 2.45) is 0 Å². The maximum Gasteiger partial charge on any atom is 0.240 e. The highest BCUT2D eigenvalue weighted by Crippen LogP contribution is 2.28. The summed E-state index contributed by atoms with van der Waals surface area (Å²) in [5.41, 5.74) is 2.18. The Morgan fingerprint density at radius 2 is 2.17 bits per heavy atom. The highest BCUT2D eigenvalue weighted by Gasteiger charge is 2.23. The van der Waals surface area contributed by atoms with Crippen molar-refractivity contribution < 1.29 is 4.79 Å². The zero-order valence-corrected chi connectivity index (χ0v) is 14.1. The van der Waals surface area contributed by atoms with Crippen molar-refractivity contribution in [2.45, 2.75) is 57.0 Å². The van der Waals surface area contributed by atoms with Crippen LogP contribution in [0.15, 0.2) is 24.4 Å². The fourth-order valence-corrected chi connectivity index (χ4v) is 4.20. The lowest BCUT2D eigenvalue weighted by Crippen LogP contribution is -2.36. The molecule has 0 bridgehead atoms. The average Bonchev–Trinajstić information content (AvgIpc) is 3.24. The summed E-state index contributed by atoms with van der Waals surface area (Å²) in [6.07, 6.45) is 8.89. The molecule has 3 heterocycles. The lowest BCUT2D eigenvalue weighted by molar-refractivity contribution is -0.122. The molecule has 2 aromatic rings. The van der Waals surface area contributed by atoms with Gasteiger partial charge in [0.05, 0.1) is 0 Å². The summed E-state index contributed by atoms with van der Waals surface area (Å²) < 4.78 is 2.14. The molecule has 2 aliphatic rings. The minimum absolute atomic E-state index is 0.120. The van der Waals surface area contributed by atoms with E-state index in [1.807, 2.05) is 12.3 Å². The standard InChI is InChI=1S/C19H26N4O/c24-18(22-16-7-1-2-8-16)13-23-17(15-6-3-9-20-12-15)11-14-5-4-10-21-19(14)23/h4-5,10-11,15-16,20H,1-3,6-9,12-13H2,(H,22,24)/t15-/m1/s1. The molecule has 2 fully saturated rings. The second kappa shape index (κ2) is 6.93. The Hall–Kier alpha value is -1.88. The van der Waals surface area contributed by atoms with E-state index < -0.39 is 0 Å². The number of fused-ring (bicyclic) bond motifs is 1. The van der Waals surface area contributed by atoms with Gasteiger partial charge in [0.2, 0.25) is 5.91 Å². The summed E-state index contributed by atoms with van der Waals surface area (Å²) in [5, 5.41) is 7.82. The summed E-state index contributed by atoms with van der Waals surface area (Å²) >= 11 is 0. The third-order valence-corrected chi connectivity index (χ3v) is 5.42. The van der Waals surface area contributed by atoms with Crippen LogP contribution in [-0.2, 0) is 11.3 Å². The number of hydrogen-bond acceptors (Lipinski definition) is 3. The molecule has 1 aliphatic heterocycles. The maximum absolute atomic E-state index is 12.6. The predicted octanol–water partition coefficient (Wildman–Crippen LogP) is 2.56. The van der Waals surface area contributed by atoms with Gasteiger partial charge in [-0.3, -0.25) is 4.79 Å². The van der Waals surface area contributed by atoms with Crippen LogP contribution in [0.3, 0.4) is 0 Å². The first-order valence-corrected chi connectivity index (χ1v) is 9.25. The van der Waals surface area contributed by atoms with Gasteiger partial charge in [-0.15, -0.1) is 0 Å². The molecule has 1 amide bonds. The van der Waals surface area contributed by atoms with E-state index in [9.17, 15) is 4.79 Å². The molecule has 1 aliphatic carbocycles. The second-order valence-corrected chi connectivity index (χ2v) is 7.16. The Balaban J connectivity index is 1.60. The van der Waals surface area contributed by atoms with Gasteiger partial charge in [-0.1, -0.05) is 12.8 Å². The van der Waals surface area contributed by atoms with E-state index in [0.717, 1.165) is 37.0 Å². The first-order chi connectivity index (χ1) is 11.8. The van der Waals surface area contributed by atoms with Crippen LogP contribution >= 0.6 is 0 Å². The molecule has 0 aromatic carbocycles. The minimum atomic E-state index is 0.120. The zero-order valence-electron chi connectivity index (χ0n) is 14.1. The summed E-state index contributed by atoms with van der Waals surface area (Å²) in [6.45, 7) is 2.46. The molecule has 2 N–H and O–H groups in total. The van der Waals surface area contributed by atoms with Crippen molar-refractivity contribution in [3.8, 4) is 0 Å². The number of aromatic nitrogens is 2. The summed E-state index contributed by atoms with van der Waals surface area (Å²) in [7, 11) is 0. The molecule has 0 unspecified atom stereocenters. The van der Waals surface area contributed by atoms with Gasteiger partial charge in [-0.2, -0.15) is 0 Å². The third kappa shape index (κ3) is 3.18. The summed E-state index contributed by atoms with van der Waals surface area (Å²) in [6, 6.07) is 6.65. The molecule has 0 radical (unpaired) electrons. The molecule has 0 spiro atoms. The van der Waals surface area contributed by atoms with E-state index in [0.29, 0.717) is 18.5 Å². The van der Waals surface area contributed by atoms with Crippen LogP contribution in [0, 0.1) is 0 Å². The van der Waals surface area contributed by atoms with Crippen molar-refractivity contribution in [1.29, 1.82) is 0 Å². The molecule has 4 rings (SSSR count). The number of nitrogens with zero attached hydrogens (tertiary/aromatic N) is 2. The third-order valence-electron chi connectivity index (χ3n) is 5.42. The minimum Gasteiger partial charge on any atom is -0.352 e. The Labute approximate surface area is 142 Å². The largest absolute Gasteiger partial charge is 0.352 e. The monoisotopic (exact) mass is 326 g/mol. The van der Waals surface area contributed by atoms with Gasteiger partial charge in [-0.05, 0) is 50.4 Å². The van der Waals surface area contributed by atoms with Crippen LogP contribution in [0.2, 0.25) is 0 Å². The molecule has 2 aromatic heterocycles. The van der Waals surface area contributed by atoms with Gasteiger partial charge < -0.3 is 15.2 Å². The van der Waals surface area contributed by atoms with Crippen LogP contribution in [0.4, 0.5) is 0 Å². The van der Waals surface area contributed by atoms with Gasteiger partial charge >= 0.3 is 0 Å². The number of pyridine rings is 1. The fraction of sp³-hybridized carbons (Fsp3) is 0.579. The first kappa shape index (κ1) is 15.6. The predicted molar refractivity (Wildman–Crippen MR) is 95.0 cm³/mol. The molecular formula is C19H26N4O. The van der Waals surface area contributed by atoms with Crippen LogP contribution in [0.25, 0.3) is 11.0 Å². The Bertz CT molecular complexity index is 711. The summed E-state index contributed by atoms with van der Waals surface area (Å²) in [5.74, 6) is 0.585. The Kier molecular flexibility index (Phi) is 4.52. The van der Waals surface area contributed by atoms with Gasteiger partial charge in [-0.25, -0.2) is 4.98 Å². The maximum atomic E-state index is 12.6. The van der Waals surface area contributed by atoms with Crippen LogP contribution in [0.1, 0.15) is 50.1 Å². The van der Waals surface area contributed by atoms with Crippen molar-refractivity contribution in [1.82, 2.24) is 20.2 Å². The lowest BCUT2D eigenvalue weighted by atomic mass is 9.96. The van der Waals surface area contributed by atoms with Gasteiger partial charge in [0.15, 0.2) is 0 Å². The number of hydrogen-bond donors (Lipinski definition) is 2. The number of carbonyl (C=O) groups is 1. The number of carbonyl (C=O) groups excluding carboxylic acids is 1. The second-order valence-electron chi connectivity index (χ2n) is 7.16. The van der Waals surface area contributed by atoms with E-state index in [1.165, 1.54) is 31.4 Å². The van der Waals surface area contributed by atoms with Crippen LogP contribution < -0.4 is 10.6 Å². The molecule has 24 heavy (non-hydrogen) atoms. The van der Waals surface area contributed by atoms with Crippen LogP contribution in [-0.4, -0.2) is 34.6 Å². The fourth-order valence-electron chi connectivity index (χ4n) is 4.20. The smallest absolute Gasteiger partial charge is 0.240 e. The molecule has 1 atom stereocenters. The molecule has 5 nitrogen and oxygen atoms in total. The average molecular weight is 326 g/mol. The Morgan fingerprint density at radius 3 is 2.96 bits per heavy atom. The lowest BCUT2D eigenvalue weighted by Gasteiger charge is -2.24. The number of rotatable bonds is 4. The van der Waals surface area contributed by atoms with Crippen molar-refractivity contribution in [3.05, 3.63) is 30.1 Å². The zero-order chi connectivity index (χ0) is 16.4. The van der Waals surface area contributed by atoms with E-state index in [1.54, 1.807) is 0 Å². The topological polar surface area (TPSA) is 59.0 Å². The van der Waals surface area contributed by atoms with E-state index in [-0.39, 0.29) is 5.91 Å². The molecule has 5 heteroatoms. The number of amides is 1. The van der Waals surface area contributed by atoms with E-state index in [4.69, 9.17) is 0 Å². The number of nitrogens with one attached hydrogen (secondary N) is 2. The Morgan fingerprint density at radius 1 is 1.29 bits per heavy atom. The molecule has 1 saturated carbocycles. The van der Waals surface area contributed by atoms with Gasteiger partial charge in [0.1, 0.15) is 12.2 Å². The quantitative estimate of drug-likeness (QED) is 0.908. The highest BCUT2D eigenvalue weighted by atomic mass is 16.2. The highest BCUT2D eigenvalue weighted by molar-refractivity contribution is 5.82. The summed E-state index contributed by atoms with van der Waals surface area (Å²) in [4.78, 5) is 17.1. The van der Waals surface area contributed by atoms with Crippen LogP contribution in [0.5, 0.6) is 0 Å². The number of piperidine rings is 1. The first-order valence-electron chi connectivity index (χ1n) is 9.25.